The summed E-state index contributed by atoms with van der Waals surface area (Å²) in [5.74, 6) is -0.0708. The molecule has 0 N–H and O–H groups in total. The minimum atomic E-state index is -4.32. The highest BCUT2D eigenvalue weighted by Gasteiger charge is 2.29. The van der Waals surface area contributed by atoms with Gasteiger partial charge in [-0.3, -0.25) is 9.78 Å². The molecule has 0 aliphatic carbocycles. The number of pyridine rings is 1. The number of carbonyl (C=O) groups excluding carboxylic acids is 1. The molecule has 20 heavy (non-hydrogen) atoms. The summed E-state index contributed by atoms with van der Waals surface area (Å²) < 4.78 is 37.3. The van der Waals surface area contributed by atoms with Gasteiger partial charge in [-0.25, -0.2) is 0 Å². The Balaban J connectivity index is 2.12. The molecule has 5 heteroatoms. The Labute approximate surface area is 114 Å². The van der Waals surface area contributed by atoms with Gasteiger partial charge in [-0.1, -0.05) is 12.1 Å². The minimum Gasteiger partial charge on any atom is -0.294 e. The van der Waals surface area contributed by atoms with Crippen LogP contribution in [0.5, 0.6) is 0 Å². The Morgan fingerprint density at radius 1 is 1.10 bits per heavy atom. The highest BCUT2D eigenvalue weighted by Crippen LogP contribution is 2.29. The van der Waals surface area contributed by atoms with Gasteiger partial charge >= 0.3 is 6.18 Å². The van der Waals surface area contributed by atoms with Crippen molar-refractivity contribution in [3.63, 3.8) is 0 Å². The Morgan fingerprint density at radius 3 is 2.20 bits per heavy atom. The van der Waals surface area contributed by atoms with Gasteiger partial charge in [0.25, 0.3) is 0 Å². The normalized spacial score (nSPS) is 11.4. The van der Waals surface area contributed by atoms with E-state index in [1.54, 1.807) is 12.1 Å². The van der Waals surface area contributed by atoms with Gasteiger partial charge in [0.15, 0.2) is 5.78 Å². The molecule has 1 aromatic carbocycles. The third-order valence-corrected chi connectivity index (χ3v) is 2.90. The molecular formula is C15H12F3NO. The Hall–Kier alpha value is -2.17. The lowest BCUT2D eigenvalue weighted by Gasteiger charge is -2.07. The molecule has 0 unspecified atom stereocenters. The molecule has 1 heterocycles. The molecule has 0 spiro atoms. The van der Waals surface area contributed by atoms with Gasteiger partial charge in [-0.2, -0.15) is 13.2 Å². The van der Waals surface area contributed by atoms with Gasteiger partial charge in [0.1, 0.15) is 0 Å². The lowest BCUT2D eigenvalue weighted by molar-refractivity contribution is -0.137. The fourth-order valence-corrected chi connectivity index (χ4v) is 1.76. The fraction of sp³-hybridized carbons (Fsp3) is 0.200. The fourth-order valence-electron chi connectivity index (χ4n) is 1.76. The molecule has 0 aliphatic heterocycles. The smallest absolute Gasteiger partial charge is 0.294 e. The maximum absolute atomic E-state index is 12.4. The van der Waals surface area contributed by atoms with Crippen LogP contribution in [0.4, 0.5) is 13.2 Å². The second-order valence-electron chi connectivity index (χ2n) is 4.47. The summed E-state index contributed by atoms with van der Waals surface area (Å²) in [6.45, 7) is 1.45. The summed E-state index contributed by atoms with van der Waals surface area (Å²) in [4.78, 5) is 15.2. The van der Waals surface area contributed by atoms with Crippen molar-refractivity contribution in [1.82, 2.24) is 4.98 Å². The van der Waals surface area contributed by atoms with Crippen molar-refractivity contribution in [3.8, 4) is 0 Å². The Kier molecular flexibility index (Phi) is 3.88. The number of carbonyl (C=O) groups is 1. The summed E-state index contributed by atoms with van der Waals surface area (Å²) in [6, 6.07) is 8.34. The monoisotopic (exact) mass is 279 g/mol. The van der Waals surface area contributed by atoms with E-state index in [-0.39, 0.29) is 5.78 Å². The standard InChI is InChI=1S/C15H12F3NO/c1-10(20)12-4-7-14(19-9-12)8-11-2-5-13(6-3-11)15(16,17)18/h2-7,9H,8H2,1H3. The molecule has 0 saturated heterocycles. The third-order valence-electron chi connectivity index (χ3n) is 2.90. The average Bonchev–Trinajstić information content (AvgIpc) is 2.39. The van der Waals surface area contributed by atoms with Crippen LogP contribution in [0, 0.1) is 0 Å². The van der Waals surface area contributed by atoms with E-state index in [1.165, 1.54) is 25.3 Å². The lowest BCUT2D eigenvalue weighted by Crippen LogP contribution is -2.04. The van der Waals surface area contributed by atoms with Gasteiger partial charge < -0.3 is 0 Å². The largest absolute Gasteiger partial charge is 0.416 e. The van der Waals surface area contributed by atoms with Gasteiger partial charge in [0, 0.05) is 23.9 Å². The molecule has 0 aliphatic rings. The molecule has 0 radical (unpaired) electrons. The van der Waals surface area contributed by atoms with Crippen LogP contribution in [0.2, 0.25) is 0 Å². The van der Waals surface area contributed by atoms with E-state index >= 15 is 0 Å². The summed E-state index contributed by atoms with van der Waals surface area (Å²) >= 11 is 0. The number of rotatable bonds is 3. The molecule has 0 atom stereocenters. The maximum Gasteiger partial charge on any atom is 0.416 e. The number of nitrogens with zero attached hydrogens (tertiary/aromatic N) is 1. The SMILES string of the molecule is CC(=O)c1ccc(Cc2ccc(C(F)(F)F)cc2)nc1. The molecule has 2 rings (SSSR count). The van der Waals surface area contributed by atoms with E-state index in [0.717, 1.165) is 17.7 Å². The first-order valence-electron chi connectivity index (χ1n) is 5.98. The summed E-state index contributed by atoms with van der Waals surface area (Å²) in [6.07, 6.45) is -2.42. The quantitative estimate of drug-likeness (QED) is 0.798. The van der Waals surface area contributed by atoms with Crippen molar-refractivity contribution in [1.29, 1.82) is 0 Å². The topological polar surface area (TPSA) is 30.0 Å². The van der Waals surface area contributed by atoms with Crippen molar-refractivity contribution >= 4 is 5.78 Å². The summed E-state index contributed by atoms with van der Waals surface area (Å²) in [5.41, 5.74) is 1.29. The van der Waals surface area contributed by atoms with E-state index in [0.29, 0.717) is 17.7 Å². The summed E-state index contributed by atoms with van der Waals surface area (Å²) in [5, 5.41) is 0. The Morgan fingerprint density at radius 2 is 1.75 bits per heavy atom. The molecular weight excluding hydrogens is 267 g/mol. The van der Waals surface area contributed by atoms with E-state index in [9.17, 15) is 18.0 Å². The molecule has 0 saturated carbocycles. The number of aromatic nitrogens is 1. The number of halogens is 3. The highest BCUT2D eigenvalue weighted by molar-refractivity contribution is 5.93. The number of hydrogen-bond acceptors (Lipinski definition) is 2. The molecule has 2 nitrogen and oxygen atoms in total. The van der Waals surface area contributed by atoms with Crippen LogP contribution in [0.3, 0.4) is 0 Å². The predicted molar refractivity (Wildman–Crippen MR) is 68.5 cm³/mol. The number of hydrogen-bond donors (Lipinski definition) is 0. The van der Waals surface area contributed by atoms with Gasteiger partial charge in [0.05, 0.1) is 5.56 Å². The van der Waals surface area contributed by atoms with Crippen LogP contribution < -0.4 is 0 Å². The van der Waals surface area contributed by atoms with Crippen LogP contribution in [-0.2, 0) is 12.6 Å². The van der Waals surface area contributed by atoms with Gasteiger partial charge in [0.2, 0.25) is 0 Å². The third kappa shape index (κ3) is 3.44. The Bertz CT molecular complexity index is 601. The zero-order valence-electron chi connectivity index (χ0n) is 10.7. The molecule has 104 valence electrons. The van der Waals surface area contributed by atoms with Crippen LogP contribution in [0.15, 0.2) is 42.6 Å². The zero-order chi connectivity index (χ0) is 14.8. The number of benzene rings is 1. The first-order valence-corrected chi connectivity index (χ1v) is 5.98. The number of alkyl halides is 3. The van der Waals surface area contributed by atoms with E-state index in [4.69, 9.17) is 0 Å². The number of Topliss-reactive ketones (excluding diaryl/α,β-unsaturated/α-hetero) is 1. The molecule has 0 amide bonds. The molecule has 0 bridgehead atoms. The second-order valence-corrected chi connectivity index (χ2v) is 4.47. The van der Waals surface area contributed by atoms with Gasteiger partial charge in [-0.05, 0) is 36.8 Å². The van der Waals surface area contributed by atoms with Crippen molar-refractivity contribution in [3.05, 3.63) is 65.0 Å². The van der Waals surface area contributed by atoms with Crippen molar-refractivity contribution < 1.29 is 18.0 Å². The van der Waals surface area contributed by atoms with Gasteiger partial charge in [-0.15, -0.1) is 0 Å². The van der Waals surface area contributed by atoms with E-state index < -0.39 is 11.7 Å². The molecule has 0 fully saturated rings. The van der Waals surface area contributed by atoms with Crippen molar-refractivity contribution in [2.75, 3.05) is 0 Å². The maximum atomic E-state index is 12.4. The second kappa shape index (κ2) is 5.45. The highest BCUT2D eigenvalue weighted by atomic mass is 19.4. The van der Waals surface area contributed by atoms with Crippen LogP contribution in [-0.4, -0.2) is 10.8 Å². The van der Waals surface area contributed by atoms with Crippen LogP contribution in [0.25, 0.3) is 0 Å². The van der Waals surface area contributed by atoms with Crippen molar-refractivity contribution in [2.24, 2.45) is 0 Å². The summed E-state index contributed by atoms with van der Waals surface area (Å²) in [7, 11) is 0. The molecule has 2 aromatic rings. The first kappa shape index (κ1) is 14.2. The first-order chi connectivity index (χ1) is 9.36. The predicted octanol–water partition coefficient (Wildman–Crippen LogP) is 3.89. The average molecular weight is 279 g/mol. The van der Waals surface area contributed by atoms with E-state index in [1.807, 2.05) is 0 Å². The van der Waals surface area contributed by atoms with Crippen LogP contribution in [0.1, 0.15) is 34.1 Å². The lowest BCUT2D eigenvalue weighted by atomic mass is 10.1. The van der Waals surface area contributed by atoms with Crippen LogP contribution >= 0.6 is 0 Å². The zero-order valence-corrected chi connectivity index (χ0v) is 10.7. The number of ketones is 1. The van der Waals surface area contributed by atoms with E-state index in [2.05, 4.69) is 4.98 Å². The molecule has 1 aromatic heterocycles. The van der Waals surface area contributed by atoms with Crippen molar-refractivity contribution in [2.45, 2.75) is 19.5 Å². The minimum absolute atomic E-state index is 0.0708.